The molecule has 0 aliphatic heterocycles. The number of hydrogen-bond acceptors (Lipinski definition) is 9. The summed E-state index contributed by atoms with van der Waals surface area (Å²) in [6.45, 7) is 9.12. The van der Waals surface area contributed by atoms with Crippen LogP contribution in [0.15, 0.2) is 36.4 Å². The summed E-state index contributed by atoms with van der Waals surface area (Å²) in [6, 6.07) is 12.1. The van der Waals surface area contributed by atoms with Gasteiger partial charge in [0.25, 0.3) is 5.55 Å². The fourth-order valence-corrected chi connectivity index (χ4v) is 11.0. The van der Waals surface area contributed by atoms with Crippen LogP contribution in [0.25, 0.3) is 10.1 Å². The van der Waals surface area contributed by atoms with E-state index in [1.165, 1.54) is 0 Å². The molecule has 1 atom stereocenters. The lowest BCUT2D eigenvalue weighted by Gasteiger charge is -2.25. The molecule has 0 aliphatic rings. The van der Waals surface area contributed by atoms with E-state index in [2.05, 4.69) is 16.4 Å². The predicted octanol–water partition coefficient (Wildman–Crippen LogP) is 7.64. The molecule has 0 amide bonds. The molecule has 0 saturated heterocycles. The summed E-state index contributed by atoms with van der Waals surface area (Å²) in [5, 5.41) is 4.57. The van der Waals surface area contributed by atoms with Crippen LogP contribution in [0.1, 0.15) is 35.8 Å². The number of aromatic nitrogens is 1. The molecule has 1 N–H and O–H groups in total. The van der Waals surface area contributed by atoms with Gasteiger partial charge in [-0.05, 0) is 69.5 Å². The first-order valence-corrected chi connectivity index (χ1v) is 15.7. The average Bonchev–Trinajstić information content (AvgIpc) is 3.20. The van der Waals surface area contributed by atoms with Crippen LogP contribution in [0, 0.1) is 13.8 Å². The quantitative estimate of drug-likeness (QED) is 0.196. The van der Waals surface area contributed by atoms with Crippen LogP contribution >= 0.6 is 40.2 Å². The van der Waals surface area contributed by atoms with Crippen LogP contribution in [0.4, 0.5) is 5.69 Å². The largest absolute Gasteiger partial charge is 0.497 e. The summed E-state index contributed by atoms with van der Waals surface area (Å²) in [5.74, 6) is 0.803. The number of nitrogens with one attached hydrogen (secondary N) is 1. The number of methoxy groups -OCH3 is 1. The topological polar surface area (TPSA) is 69.7 Å². The molecule has 174 valence electrons. The molecule has 6 nitrogen and oxygen atoms in total. The van der Waals surface area contributed by atoms with Crippen molar-refractivity contribution >= 4 is 56.0 Å². The van der Waals surface area contributed by atoms with Gasteiger partial charge in [-0.1, -0.05) is 0 Å². The van der Waals surface area contributed by atoms with E-state index in [4.69, 9.17) is 13.1 Å². The normalized spacial score (nSPS) is 12.8. The first kappa shape index (κ1) is 25.4. The summed E-state index contributed by atoms with van der Waals surface area (Å²) in [4.78, 5) is 5.55. The van der Waals surface area contributed by atoms with E-state index in [1.807, 2.05) is 58.0 Å². The molecule has 32 heavy (non-hydrogen) atoms. The van der Waals surface area contributed by atoms with Crippen LogP contribution in [0.5, 0.6) is 5.75 Å². The number of pyridine rings is 1. The molecule has 3 aromatic rings. The van der Waals surface area contributed by atoms with Crippen molar-refractivity contribution in [2.75, 3.05) is 32.2 Å². The van der Waals surface area contributed by atoms with Crippen LogP contribution in [-0.4, -0.2) is 31.9 Å². The van der Waals surface area contributed by atoms with Crippen molar-refractivity contribution in [2.45, 2.75) is 33.4 Å². The lowest BCUT2D eigenvalue weighted by Crippen LogP contribution is -2.12. The first-order chi connectivity index (χ1) is 15.4. The van der Waals surface area contributed by atoms with Crippen molar-refractivity contribution < 1.29 is 17.7 Å². The SMILES string of the molecule is CCOSP(=O)(SOCC)C(CNc1ccc(C)nc1C)c1cc2ccc(OC)cc2s1. The van der Waals surface area contributed by atoms with Crippen molar-refractivity contribution in [1.82, 2.24) is 4.98 Å². The minimum absolute atomic E-state index is 0.320. The van der Waals surface area contributed by atoms with Crippen molar-refractivity contribution in [1.29, 1.82) is 0 Å². The zero-order chi connectivity index (χ0) is 23.1. The smallest absolute Gasteiger partial charge is 0.251 e. The molecule has 0 bridgehead atoms. The van der Waals surface area contributed by atoms with Crippen LogP contribution in [0.2, 0.25) is 0 Å². The molecule has 2 aromatic heterocycles. The van der Waals surface area contributed by atoms with Gasteiger partial charge in [0.2, 0.25) is 0 Å². The number of ether oxygens (including phenoxy) is 1. The minimum atomic E-state index is -3.03. The lowest BCUT2D eigenvalue weighted by atomic mass is 10.2. The lowest BCUT2D eigenvalue weighted by molar-refractivity contribution is 0.403. The fraction of sp³-hybridized carbons (Fsp3) is 0.409. The molecule has 10 heteroatoms. The van der Waals surface area contributed by atoms with Gasteiger partial charge >= 0.3 is 0 Å². The maximum atomic E-state index is 14.2. The zero-order valence-corrected chi connectivity index (χ0v) is 22.3. The summed E-state index contributed by atoms with van der Waals surface area (Å²) in [5.41, 5.74) is -0.549. The Hall–Kier alpha value is -1.22. The number of aryl methyl sites for hydroxylation is 2. The standard InChI is InChI=1S/C22H29N2O4PS3/c1-6-27-31-29(25,32-28-7-2)20(14-23-19-11-8-15(3)24-16(19)4)22-12-17-9-10-18(26-5)13-21(17)30-22/h8-13,20,23H,6-7,14H2,1-5H3. The Morgan fingerprint density at radius 2 is 1.81 bits per heavy atom. The third-order valence-electron chi connectivity index (χ3n) is 4.72. The zero-order valence-electron chi connectivity index (χ0n) is 18.9. The molecule has 1 aromatic carbocycles. The van der Waals surface area contributed by atoms with E-state index in [0.717, 1.165) is 61.1 Å². The van der Waals surface area contributed by atoms with Crippen LogP contribution < -0.4 is 10.1 Å². The van der Waals surface area contributed by atoms with Gasteiger partial charge in [-0.25, -0.2) is 0 Å². The van der Waals surface area contributed by atoms with Gasteiger partial charge < -0.3 is 18.4 Å². The highest BCUT2D eigenvalue weighted by Gasteiger charge is 2.39. The van der Waals surface area contributed by atoms with Gasteiger partial charge in [-0.15, -0.1) is 11.3 Å². The summed E-state index contributed by atoms with van der Waals surface area (Å²) in [6.07, 6.45) is 0. The van der Waals surface area contributed by atoms with E-state index in [-0.39, 0.29) is 5.66 Å². The minimum Gasteiger partial charge on any atom is -0.497 e. The Balaban J connectivity index is 1.99. The molecule has 3 rings (SSSR count). The monoisotopic (exact) mass is 512 g/mol. The predicted molar refractivity (Wildman–Crippen MR) is 139 cm³/mol. The van der Waals surface area contributed by atoms with Gasteiger partial charge in [0.15, 0.2) is 0 Å². The second kappa shape index (κ2) is 11.8. The van der Waals surface area contributed by atoms with Gasteiger partial charge in [0.05, 0.1) is 60.7 Å². The van der Waals surface area contributed by atoms with Gasteiger partial charge in [-0.2, -0.15) is 0 Å². The highest BCUT2D eigenvalue weighted by molar-refractivity contribution is 8.88. The first-order valence-electron chi connectivity index (χ1n) is 10.4. The molecule has 1 unspecified atom stereocenters. The van der Waals surface area contributed by atoms with Crippen molar-refractivity contribution in [2.24, 2.45) is 0 Å². The number of anilines is 1. The highest BCUT2D eigenvalue weighted by Crippen LogP contribution is 2.78. The number of hydrogen-bond donors (Lipinski definition) is 1. The van der Waals surface area contributed by atoms with Gasteiger partial charge in [0, 0.05) is 21.8 Å². The molecule has 0 fully saturated rings. The Labute approximate surface area is 202 Å². The Kier molecular flexibility index (Phi) is 9.34. The molecule has 0 aliphatic carbocycles. The van der Waals surface area contributed by atoms with E-state index in [9.17, 15) is 4.57 Å². The summed E-state index contributed by atoms with van der Waals surface area (Å²) in [7, 11) is 1.66. The molecule has 0 saturated carbocycles. The number of nitrogens with zero attached hydrogens (tertiary/aromatic N) is 1. The highest BCUT2D eigenvalue weighted by atomic mass is 33.1. The second-order valence-electron chi connectivity index (χ2n) is 7.04. The Bertz CT molecular complexity index is 1080. The summed E-state index contributed by atoms with van der Waals surface area (Å²) < 4.78 is 31.9. The number of benzene rings is 1. The van der Waals surface area contributed by atoms with E-state index in [0.29, 0.717) is 19.8 Å². The van der Waals surface area contributed by atoms with Crippen molar-refractivity contribution in [3.8, 4) is 5.75 Å². The average molecular weight is 513 g/mol. The molecule has 0 spiro atoms. The third-order valence-corrected chi connectivity index (χ3v) is 12.9. The summed E-state index contributed by atoms with van der Waals surface area (Å²) >= 11 is 3.72. The van der Waals surface area contributed by atoms with Crippen LogP contribution in [0.3, 0.4) is 0 Å². The maximum absolute atomic E-state index is 14.2. The van der Waals surface area contributed by atoms with Crippen molar-refractivity contribution in [3.63, 3.8) is 0 Å². The number of rotatable bonds is 12. The van der Waals surface area contributed by atoms with Crippen molar-refractivity contribution in [3.05, 3.63) is 52.7 Å². The molecule has 0 radical (unpaired) electrons. The molecule has 2 heterocycles. The van der Waals surface area contributed by atoms with E-state index >= 15 is 0 Å². The third kappa shape index (κ3) is 6.22. The van der Waals surface area contributed by atoms with E-state index < -0.39 is 5.55 Å². The fourth-order valence-electron chi connectivity index (χ4n) is 3.14. The Morgan fingerprint density at radius 1 is 1.09 bits per heavy atom. The second-order valence-corrected chi connectivity index (χ2v) is 15.5. The number of thiophene rings is 1. The molecular weight excluding hydrogens is 483 g/mol. The molecular formula is C22H29N2O4PS3. The maximum Gasteiger partial charge on any atom is 0.251 e. The van der Waals surface area contributed by atoms with Gasteiger partial charge in [0.1, 0.15) is 5.75 Å². The number of fused-ring (bicyclic) bond motifs is 1. The Morgan fingerprint density at radius 3 is 2.44 bits per heavy atom. The van der Waals surface area contributed by atoms with E-state index in [1.54, 1.807) is 18.4 Å². The van der Waals surface area contributed by atoms with Gasteiger partial charge in [-0.3, -0.25) is 9.55 Å². The van der Waals surface area contributed by atoms with Crippen LogP contribution in [-0.2, 0) is 12.9 Å².